The molecule has 0 saturated carbocycles. The van der Waals surface area contributed by atoms with Crippen molar-refractivity contribution in [3.8, 4) is 16.9 Å². The summed E-state index contributed by atoms with van der Waals surface area (Å²) in [6.07, 6.45) is 11.8. The minimum Gasteiger partial charge on any atom is -0.491 e. The van der Waals surface area contributed by atoms with Gasteiger partial charge in [0.2, 0.25) is 5.91 Å². The average Bonchev–Trinajstić information content (AvgIpc) is 3.48. The summed E-state index contributed by atoms with van der Waals surface area (Å²) in [4.78, 5) is 18.0. The smallest absolute Gasteiger partial charge is 0.248 e. The third kappa shape index (κ3) is 10.2. The number of hydrogen-bond acceptors (Lipinski definition) is 5. The first kappa shape index (κ1) is 31.1. The van der Waals surface area contributed by atoms with Crippen LogP contribution < -0.4 is 10.1 Å². The van der Waals surface area contributed by atoms with Crippen molar-refractivity contribution >= 4 is 29.4 Å². The normalized spacial score (nSPS) is 11.2. The largest absolute Gasteiger partial charge is 0.491 e. The number of thioether (sulfide) groups is 1. The van der Waals surface area contributed by atoms with Crippen molar-refractivity contribution in [1.29, 1.82) is 0 Å². The monoisotopic (exact) mass is 583 g/mol. The van der Waals surface area contributed by atoms with Crippen molar-refractivity contribution in [2.75, 3.05) is 25.1 Å². The molecule has 7 heteroatoms. The molecule has 4 aromatic rings. The van der Waals surface area contributed by atoms with Gasteiger partial charge in [-0.25, -0.2) is 4.98 Å². The predicted molar refractivity (Wildman–Crippen MR) is 174 cm³/mol. The molecule has 3 aromatic carbocycles. The van der Waals surface area contributed by atoms with Gasteiger partial charge >= 0.3 is 0 Å². The summed E-state index contributed by atoms with van der Waals surface area (Å²) in [5.41, 5.74) is 5.12. The van der Waals surface area contributed by atoms with Crippen LogP contribution in [0.4, 0.5) is 5.69 Å². The zero-order valence-corrected chi connectivity index (χ0v) is 25.4. The van der Waals surface area contributed by atoms with Gasteiger partial charge in [0.25, 0.3) is 0 Å². The van der Waals surface area contributed by atoms with E-state index in [9.17, 15) is 4.79 Å². The molecule has 0 aliphatic heterocycles. The summed E-state index contributed by atoms with van der Waals surface area (Å²) in [5.74, 6) is 1.52. The van der Waals surface area contributed by atoms with E-state index in [1.165, 1.54) is 12.1 Å². The third-order valence-corrected chi connectivity index (χ3v) is 7.75. The fraction of sp³-hybridized carbons (Fsp3) is 0.314. The summed E-state index contributed by atoms with van der Waals surface area (Å²) in [6, 6.07) is 24.1. The summed E-state index contributed by atoms with van der Waals surface area (Å²) in [6.45, 7) is 7.28. The highest BCUT2D eigenvalue weighted by Gasteiger charge is 2.05. The van der Waals surface area contributed by atoms with E-state index in [0.29, 0.717) is 13.2 Å². The molecule has 0 bridgehead atoms. The number of ether oxygens (including phenoxy) is 2. The fourth-order valence-corrected chi connectivity index (χ4v) is 5.16. The second-order valence-corrected chi connectivity index (χ2v) is 11.1. The second-order valence-electron chi connectivity index (χ2n) is 10.0. The molecule has 0 spiro atoms. The number of carbonyl (C=O) groups is 1. The first-order valence-electron chi connectivity index (χ1n) is 14.8. The van der Waals surface area contributed by atoms with Crippen molar-refractivity contribution in [2.24, 2.45) is 0 Å². The van der Waals surface area contributed by atoms with Gasteiger partial charge in [-0.15, -0.1) is 11.8 Å². The molecule has 0 atom stereocenters. The van der Waals surface area contributed by atoms with E-state index in [1.807, 2.05) is 79.3 Å². The number of aryl methyl sites for hydroxylation is 1. The Hall–Kier alpha value is -3.81. The number of anilines is 1. The molecule has 0 radical (unpaired) electrons. The maximum Gasteiger partial charge on any atom is 0.248 e. The molecule has 0 fully saturated rings. The highest BCUT2D eigenvalue weighted by molar-refractivity contribution is 7.98. The highest BCUT2D eigenvalue weighted by Crippen LogP contribution is 2.25. The number of aromatic nitrogens is 2. The van der Waals surface area contributed by atoms with Gasteiger partial charge in [0.15, 0.2) is 0 Å². The lowest BCUT2D eigenvalue weighted by molar-refractivity contribution is -0.111. The maximum absolute atomic E-state index is 12.6. The van der Waals surface area contributed by atoms with Gasteiger partial charge < -0.3 is 19.4 Å². The summed E-state index contributed by atoms with van der Waals surface area (Å²) >= 11 is 1.77. The van der Waals surface area contributed by atoms with Gasteiger partial charge in [0.05, 0.1) is 12.9 Å². The van der Waals surface area contributed by atoms with Gasteiger partial charge in [0.1, 0.15) is 12.4 Å². The second kappa shape index (κ2) is 17.2. The molecular formula is C35H41N3O3S. The first-order valence-corrected chi connectivity index (χ1v) is 15.7. The van der Waals surface area contributed by atoms with Crippen LogP contribution >= 0.6 is 11.8 Å². The Morgan fingerprint density at radius 3 is 2.52 bits per heavy atom. The van der Waals surface area contributed by atoms with E-state index in [0.717, 1.165) is 71.2 Å². The van der Waals surface area contributed by atoms with Crippen LogP contribution in [0.15, 0.2) is 96.3 Å². The van der Waals surface area contributed by atoms with Crippen LogP contribution in [0.1, 0.15) is 50.8 Å². The number of nitrogens with zero attached hydrogens (tertiary/aromatic N) is 2. The number of nitrogens with one attached hydrogen (secondary N) is 1. The fourth-order valence-electron chi connectivity index (χ4n) is 4.28. The van der Waals surface area contributed by atoms with E-state index in [4.69, 9.17) is 9.47 Å². The van der Waals surface area contributed by atoms with Crippen LogP contribution in [0.5, 0.6) is 5.75 Å². The van der Waals surface area contributed by atoms with Crippen LogP contribution in [0, 0.1) is 0 Å². The molecule has 0 saturated heterocycles. The molecule has 0 unspecified atom stereocenters. The zero-order valence-electron chi connectivity index (χ0n) is 24.6. The number of carbonyl (C=O) groups excluding carboxylic acids is 1. The minimum absolute atomic E-state index is 0.166. The highest BCUT2D eigenvalue weighted by atomic mass is 32.2. The standard InChI is InChI=1S/C35H41N3O3S/c1-3-5-20-38-27-36-25-32(38)26-42-34-17-13-31(14-18-34)37-35(39)19-10-28-8-7-9-30(24-28)29-11-15-33(16-12-29)41-23-22-40-21-6-4-2/h7-19,24-25,27H,3-6,20-23,26H2,1-2H3,(H,37,39)/b19-10+. The van der Waals surface area contributed by atoms with Crippen molar-refractivity contribution < 1.29 is 14.3 Å². The van der Waals surface area contributed by atoms with Crippen molar-refractivity contribution in [3.63, 3.8) is 0 Å². The molecule has 1 heterocycles. The SMILES string of the molecule is CCCCOCCOc1ccc(-c2cccc(/C=C/C(=O)Nc3ccc(SCc4cncn4CCCC)cc3)c2)cc1. The topological polar surface area (TPSA) is 65.4 Å². The number of benzene rings is 3. The van der Waals surface area contributed by atoms with Gasteiger partial charge in [-0.2, -0.15) is 0 Å². The van der Waals surface area contributed by atoms with Gasteiger partial charge in [-0.1, -0.05) is 57.0 Å². The molecular weight excluding hydrogens is 542 g/mol. The molecule has 42 heavy (non-hydrogen) atoms. The molecule has 1 N–H and O–H groups in total. The van der Waals surface area contributed by atoms with E-state index in [-0.39, 0.29) is 5.91 Å². The first-order chi connectivity index (χ1) is 20.6. The quantitative estimate of drug-likeness (QED) is 0.0767. The third-order valence-electron chi connectivity index (χ3n) is 6.70. The molecule has 1 aromatic heterocycles. The summed E-state index contributed by atoms with van der Waals surface area (Å²) in [5, 5.41) is 2.95. The van der Waals surface area contributed by atoms with Crippen molar-refractivity contribution in [2.45, 2.75) is 56.7 Å². The molecule has 4 rings (SSSR count). The van der Waals surface area contributed by atoms with E-state index >= 15 is 0 Å². The Balaban J connectivity index is 1.24. The lowest BCUT2D eigenvalue weighted by Crippen LogP contribution is -2.07. The molecule has 220 valence electrons. The summed E-state index contributed by atoms with van der Waals surface area (Å²) < 4.78 is 13.6. The van der Waals surface area contributed by atoms with Crippen LogP contribution in [0.2, 0.25) is 0 Å². The Morgan fingerprint density at radius 1 is 0.929 bits per heavy atom. The van der Waals surface area contributed by atoms with Crippen molar-refractivity contribution in [3.05, 3.63) is 103 Å². The van der Waals surface area contributed by atoms with Crippen LogP contribution in [-0.2, 0) is 21.8 Å². The number of amides is 1. The number of hydrogen-bond donors (Lipinski definition) is 1. The van der Waals surface area contributed by atoms with E-state index < -0.39 is 0 Å². The minimum atomic E-state index is -0.166. The van der Waals surface area contributed by atoms with Gasteiger partial charge in [-0.05, 0) is 78.1 Å². The van der Waals surface area contributed by atoms with Crippen molar-refractivity contribution in [1.82, 2.24) is 9.55 Å². The predicted octanol–water partition coefficient (Wildman–Crippen LogP) is 8.49. The summed E-state index contributed by atoms with van der Waals surface area (Å²) in [7, 11) is 0. The lowest BCUT2D eigenvalue weighted by atomic mass is 10.0. The van der Waals surface area contributed by atoms with Crippen LogP contribution in [0.25, 0.3) is 17.2 Å². The molecule has 0 aliphatic rings. The van der Waals surface area contributed by atoms with Crippen LogP contribution in [-0.4, -0.2) is 35.3 Å². The lowest BCUT2D eigenvalue weighted by Gasteiger charge is -2.08. The van der Waals surface area contributed by atoms with Gasteiger partial charge in [0, 0.05) is 47.5 Å². The molecule has 1 amide bonds. The van der Waals surface area contributed by atoms with Gasteiger partial charge in [-0.3, -0.25) is 4.79 Å². The Labute approximate surface area is 254 Å². The molecule has 6 nitrogen and oxygen atoms in total. The zero-order chi connectivity index (χ0) is 29.4. The Morgan fingerprint density at radius 2 is 1.74 bits per heavy atom. The van der Waals surface area contributed by atoms with Crippen LogP contribution in [0.3, 0.4) is 0 Å². The number of imidazole rings is 1. The van der Waals surface area contributed by atoms with E-state index in [2.05, 4.69) is 40.8 Å². The Kier molecular flexibility index (Phi) is 12.8. The Bertz CT molecular complexity index is 1400. The maximum atomic E-state index is 12.6. The van der Waals surface area contributed by atoms with E-state index in [1.54, 1.807) is 17.8 Å². The number of unbranched alkanes of at least 4 members (excludes halogenated alkanes) is 2. The average molecular weight is 584 g/mol. The molecule has 0 aliphatic carbocycles. The number of rotatable bonds is 17.